The van der Waals surface area contributed by atoms with E-state index in [9.17, 15) is 13.2 Å². The van der Waals surface area contributed by atoms with Crippen LogP contribution in [0, 0.1) is 0 Å². The van der Waals surface area contributed by atoms with Crippen molar-refractivity contribution in [1.29, 1.82) is 0 Å². The number of fused-ring (bicyclic) bond motifs is 2. The van der Waals surface area contributed by atoms with E-state index in [4.69, 9.17) is 4.74 Å². The quantitative estimate of drug-likeness (QED) is 0.888. The fourth-order valence-electron chi connectivity index (χ4n) is 2.98. The standard InChI is InChI=1S/C17H15NO4S2/c19-17(14-9-23-15-7-3-2-6-13(15)22-14)18-12-10-24(20,21)16-8-4-1-5-11(12)16/h1-8,12,14H,9-10H2,(H,18,19)/t12-,14-/m0/s1. The number of ether oxygens (including phenoxy) is 1. The highest BCUT2D eigenvalue weighted by Crippen LogP contribution is 2.36. The molecule has 2 atom stereocenters. The summed E-state index contributed by atoms with van der Waals surface area (Å²) in [5.41, 5.74) is 0.648. The van der Waals surface area contributed by atoms with Gasteiger partial charge in [-0.25, -0.2) is 8.42 Å². The second-order valence-electron chi connectivity index (χ2n) is 5.74. The Morgan fingerprint density at radius 3 is 2.75 bits per heavy atom. The summed E-state index contributed by atoms with van der Waals surface area (Å²) in [5.74, 6) is 0.806. The summed E-state index contributed by atoms with van der Waals surface area (Å²) in [7, 11) is -3.34. The summed E-state index contributed by atoms with van der Waals surface area (Å²) in [6.45, 7) is 0. The zero-order chi connectivity index (χ0) is 16.7. The Balaban J connectivity index is 1.52. The first-order valence-electron chi connectivity index (χ1n) is 7.55. The summed E-state index contributed by atoms with van der Waals surface area (Å²) in [5, 5.41) is 2.83. The second-order valence-corrected chi connectivity index (χ2v) is 8.81. The third-order valence-electron chi connectivity index (χ3n) is 4.13. The molecule has 24 heavy (non-hydrogen) atoms. The Bertz CT molecular complexity index is 910. The topological polar surface area (TPSA) is 72.5 Å². The molecule has 0 spiro atoms. The number of carbonyl (C=O) groups is 1. The lowest BCUT2D eigenvalue weighted by Crippen LogP contribution is -2.43. The van der Waals surface area contributed by atoms with Gasteiger partial charge in [-0.2, -0.15) is 0 Å². The van der Waals surface area contributed by atoms with E-state index in [2.05, 4.69) is 5.32 Å². The van der Waals surface area contributed by atoms with E-state index in [1.165, 1.54) is 0 Å². The van der Waals surface area contributed by atoms with Gasteiger partial charge in [0.15, 0.2) is 15.9 Å². The Kier molecular flexibility index (Phi) is 3.77. The number of amides is 1. The number of sulfone groups is 1. The third-order valence-corrected chi connectivity index (χ3v) is 7.06. The summed E-state index contributed by atoms with van der Waals surface area (Å²) in [4.78, 5) is 13.9. The molecule has 2 aliphatic rings. The highest BCUT2D eigenvalue weighted by atomic mass is 32.2. The lowest BCUT2D eigenvalue weighted by molar-refractivity contribution is -0.127. The highest BCUT2D eigenvalue weighted by Gasteiger charge is 2.37. The molecule has 1 amide bonds. The number of hydrogen-bond donors (Lipinski definition) is 1. The molecule has 0 fully saturated rings. The molecule has 0 aromatic heterocycles. The Morgan fingerprint density at radius 2 is 1.88 bits per heavy atom. The van der Waals surface area contributed by atoms with Crippen LogP contribution in [0.4, 0.5) is 0 Å². The highest BCUT2D eigenvalue weighted by molar-refractivity contribution is 7.99. The van der Waals surface area contributed by atoms with Crippen molar-refractivity contribution >= 4 is 27.5 Å². The van der Waals surface area contributed by atoms with Gasteiger partial charge >= 0.3 is 0 Å². The predicted molar refractivity (Wildman–Crippen MR) is 91.0 cm³/mol. The lowest BCUT2D eigenvalue weighted by Gasteiger charge is -2.26. The molecular weight excluding hydrogens is 346 g/mol. The molecule has 2 aromatic rings. The van der Waals surface area contributed by atoms with Gasteiger partial charge in [-0.05, 0) is 23.8 Å². The fraction of sp³-hybridized carbons (Fsp3) is 0.235. The van der Waals surface area contributed by atoms with Gasteiger partial charge in [-0.3, -0.25) is 4.79 Å². The van der Waals surface area contributed by atoms with Gasteiger partial charge in [-0.1, -0.05) is 30.3 Å². The Hall–Kier alpha value is -1.99. The minimum Gasteiger partial charge on any atom is -0.479 e. The molecule has 2 heterocycles. The van der Waals surface area contributed by atoms with E-state index in [1.54, 1.807) is 36.0 Å². The molecule has 2 aliphatic heterocycles. The van der Waals surface area contributed by atoms with Crippen LogP contribution in [-0.4, -0.2) is 31.9 Å². The molecule has 0 bridgehead atoms. The molecule has 7 heteroatoms. The molecule has 0 aliphatic carbocycles. The van der Waals surface area contributed by atoms with Crippen LogP contribution in [-0.2, 0) is 14.6 Å². The molecule has 124 valence electrons. The molecule has 5 nitrogen and oxygen atoms in total. The SMILES string of the molecule is O=C(N[C@H]1CS(=O)(=O)c2ccccc21)[C@@H]1CSc2ccccc2O1. The number of para-hydroxylation sites is 1. The van der Waals surface area contributed by atoms with Crippen molar-refractivity contribution in [1.82, 2.24) is 5.32 Å². The predicted octanol–water partition coefficient (Wildman–Crippen LogP) is 2.18. The smallest absolute Gasteiger partial charge is 0.262 e. The maximum Gasteiger partial charge on any atom is 0.262 e. The lowest BCUT2D eigenvalue weighted by atomic mass is 10.1. The summed E-state index contributed by atoms with van der Waals surface area (Å²) in [6.07, 6.45) is -0.625. The van der Waals surface area contributed by atoms with Crippen LogP contribution >= 0.6 is 11.8 Å². The van der Waals surface area contributed by atoms with Gasteiger partial charge in [0.2, 0.25) is 0 Å². The average Bonchev–Trinajstić information content (AvgIpc) is 2.85. The van der Waals surface area contributed by atoms with Crippen LogP contribution in [0.15, 0.2) is 58.3 Å². The van der Waals surface area contributed by atoms with Crippen molar-refractivity contribution in [2.75, 3.05) is 11.5 Å². The first kappa shape index (κ1) is 15.5. The fourth-order valence-corrected chi connectivity index (χ4v) is 5.70. The number of carbonyl (C=O) groups excluding carboxylic acids is 1. The van der Waals surface area contributed by atoms with Crippen LogP contribution in [0.5, 0.6) is 5.75 Å². The van der Waals surface area contributed by atoms with Crippen molar-refractivity contribution in [2.24, 2.45) is 0 Å². The van der Waals surface area contributed by atoms with E-state index < -0.39 is 22.0 Å². The third kappa shape index (κ3) is 2.67. The van der Waals surface area contributed by atoms with Gasteiger partial charge in [0.05, 0.1) is 16.7 Å². The van der Waals surface area contributed by atoms with Crippen LogP contribution < -0.4 is 10.1 Å². The summed E-state index contributed by atoms with van der Waals surface area (Å²) >= 11 is 1.56. The molecule has 0 saturated heterocycles. The molecule has 0 radical (unpaired) electrons. The molecule has 4 rings (SSSR count). The summed E-state index contributed by atoms with van der Waals surface area (Å²) < 4.78 is 30.2. The van der Waals surface area contributed by atoms with Crippen LogP contribution in [0.2, 0.25) is 0 Å². The van der Waals surface area contributed by atoms with E-state index in [0.29, 0.717) is 22.0 Å². The number of thioether (sulfide) groups is 1. The molecule has 0 saturated carbocycles. The molecule has 0 unspecified atom stereocenters. The van der Waals surface area contributed by atoms with Gasteiger partial charge in [-0.15, -0.1) is 11.8 Å². The maximum atomic E-state index is 12.5. The van der Waals surface area contributed by atoms with Crippen molar-refractivity contribution < 1.29 is 17.9 Å². The Morgan fingerprint density at radius 1 is 1.12 bits per heavy atom. The van der Waals surface area contributed by atoms with E-state index in [1.807, 2.05) is 24.3 Å². The maximum absolute atomic E-state index is 12.5. The first-order chi connectivity index (χ1) is 11.5. The number of benzene rings is 2. The van der Waals surface area contributed by atoms with Crippen LogP contribution in [0.25, 0.3) is 0 Å². The number of rotatable bonds is 2. The van der Waals surface area contributed by atoms with Crippen molar-refractivity contribution in [3.05, 3.63) is 54.1 Å². The normalized spacial score (nSPS) is 23.7. The second kappa shape index (κ2) is 5.82. The largest absolute Gasteiger partial charge is 0.479 e. The zero-order valence-corrected chi connectivity index (χ0v) is 14.3. The van der Waals surface area contributed by atoms with Crippen molar-refractivity contribution in [3.63, 3.8) is 0 Å². The average molecular weight is 361 g/mol. The van der Waals surface area contributed by atoms with Crippen LogP contribution in [0.1, 0.15) is 11.6 Å². The van der Waals surface area contributed by atoms with E-state index in [0.717, 1.165) is 4.90 Å². The molecular formula is C17H15NO4S2. The Labute approximate surface area is 144 Å². The van der Waals surface area contributed by atoms with Gasteiger partial charge in [0.25, 0.3) is 5.91 Å². The number of nitrogens with one attached hydrogen (secondary N) is 1. The number of hydrogen-bond acceptors (Lipinski definition) is 5. The summed E-state index contributed by atoms with van der Waals surface area (Å²) in [6, 6.07) is 13.8. The van der Waals surface area contributed by atoms with Crippen molar-refractivity contribution in [2.45, 2.75) is 21.9 Å². The minimum absolute atomic E-state index is 0.103. The monoisotopic (exact) mass is 361 g/mol. The van der Waals surface area contributed by atoms with E-state index >= 15 is 0 Å². The minimum atomic E-state index is -3.34. The van der Waals surface area contributed by atoms with Gasteiger partial charge in [0, 0.05) is 10.6 Å². The van der Waals surface area contributed by atoms with Gasteiger partial charge in [0.1, 0.15) is 5.75 Å². The van der Waals surface area contributed by atoms with E-state index in [-0.39, 0.29) is 11.7 Å². The zero-order valence-electron chi connectivity index (χ0n) is 12.6. The molecule has 1 N–H and O–H groups in total. The van der Waals surface area contributed by atoms with Crippen LogP contribution in [0.3, 0.4) is 0 Å². The molecule has 2 aromatic carbocycles. The van der Waals surface area contributed by atoms with Crippen molar-refractivity contribution in [3.8, 4) is 5.75 Å². The first-order valence-corrected chi connectivity index (χ1v) is 10.2. The van der Waals surface area contributed by atoms with Gasteiger partial charge < -0.3 is 10.1 Å².